The topological polar surface area (TPSA) is 486 Å². The van der Waals surface area contributed by atoms with E-state index in [9.17, 15) is 72.9 Å². The van der Waals surface area contributed by atoms with Crippen LogP contribution in [0.3, 0.4) is 0 Å². The Hall–Kier alpha value is -7.30. The number of nitrogens with one attached hydrogen (secondary N) is 8. The van der Waals surface area contributed by atoms with E-state index in [1.807, 2.05) is 0 Å². The molecule has 0 bridgehead atoms. The zero-order valence-corrected chi connectivity index (χ0v) is 44.9. The van der Waals surface area contributed by atoms with Crippen LogP contribution in [0.2, 0.25) is 0 Å². The molecule has 1 aromatic rings. The predicted octanol–water partition coefficient (Wildman–Crippen LogP) is -3.53. The van der Waals surface area contributed by atoms with E-state index in [1.165, 1.54) is 13.8 Å². The zero-order chi connectivity index (χ0) is 59.2. The van der Waals surface area contributed by atoms with Gasteiger partial charge < -0.3 is 85.9 Å². The highest BCUT2D eigenvalue weighted by molar-refractivity contribution is 5.99. The maximum absolute atomic E-state index is 14.3. The van der Waals surface area contributed by atoms with E-state index in [1.54, 1.807) is 44.2 Å². The SMILES string of the molecule is CC(C)C[C@H](NC(=O)[C@H](CCC(N)=O)NC(=O)[C@H](Cc1ccccc1)NC(=O)[C@@H](NC(=O)[C@H](CC(=O)O)NC(=O)[C@H](CCCCN)NC(=O)[C@@H](NC(=O)[C@@H](N)CCC(=O)O)[C@@H](C)O)C(C)C)C(=O)N[C@@H](CCCCN)C(=O)O. The number of carboxylic acids is 3. The van der Waals surface area contributed by atoms with Crippen molar-refractivity contribution in [2.75, 3.05) is 13.1 Å². The number of hydrogen-bond acceptors (Lipinski definition) is 16. The highest BCUT2D eigenvalue weighted by Gasteiger charge is 2.37. The summed E-state index contributed by atoms with van der Waals surface area (Å²) in [6.07, 6.45) is -3.05. The average Bonchev–Trinajstić information content (AvgIpc) is 3.35. The van der Waals surface area contributed by atoms with Crippen molar-refractivity contribution in [2.24, 2.45) is 34.8 Å². The highest BCUT2D eigenvalue weighted by Crippen LogP contribution is 2.13. The molecule has 0 unspecified atom stereocenters. The van der Waals surface area contributed by atoms with Crippen molar-refractivity contribution in [3.8, 4) is 0 Å². The molecule has 0 saturated heterocycles. The lowest BCUT2D eigenvalue weighted by Crippen LogP contribution is -2.62. The fourth-order valence-electron chi connectivity index (χ4n) is 7.69. The molecule has 0 radical (unpaired) electrons. The molecule has 28 nitrogen and oxygen atoms in total. The normalized spacial score (nSPS) is 15.0. The number of benzene rings is 1. The summed E-state index contributed by atoms with van der Waals surface area (Å²) in [7, 11) is 0. The summed E-state index contributed by atoms with van der Waals surface area (Å²) < 4.78 is 0. The molecule has 28 heteroatoms. The van der Waals surface area contributed by atoms with E-state index in [-0.39, 0.29) is 57.4 Å². The van der Waals surface area contributed by atoms with E-state index in [4.69, 9.17) is 28.0 Å². The van der Waals surface area contributed by atoms with Gasteiger partial charge in [-0.25, -0.2) is 4.79 Å². The van der Waals surface area contributed by atoms with Crippen LogP contribution in [0, 0.1) is 11.8 Å². The molecule has 10 atom stereocenters. The van der Waals surface area contributed by atoms with Gasteiger partial charge in [-0.3, -0.25) is 52.7 Å². The van der Waals surface area contributed by atoms with Crippen molar-refractivity contribution in [1.29, 1.82) is 0 Å². The van der Waals surface area contributed by atoms with Gasteiger partial charge in [-0.2, -0.15) is 0 Å². The summed E-state index contributed by atoms with van der Waals surface area (Å²) >= 11 is 0. The van der Waals surface area contributed by atoms with Crippen molar-refractivity contribution in [3.05, 3.63) is 35.9 Å². The van der Waals surface area contributed by atoms with Crippen LogP contribution >= 0.6 is 0 Å². The number of aliphatic hydroxyl groups excluding tert-OH is 1. The van der Waals surface area contributed by atoms with Gasteiger partial charge in [-0.05, 0) is 95.2 Å². The first-order valence-corrected chi connectivity index (χ1v) is 25.9. The van der Waals surface area contributed by atoms with Gasteiger partial charge in [0.2, 0.25) is 53.2 Å². The second-order valence-corrected chi connectivity index (χ2v) is 19.7. The standard InChI is InChI=1S/C50H82N12O16/c1-26(2)23-34(45(72)57-33(50(77)78)16-10-12-22-52)58-44(71)32(18-19-37(54)64)55-46(73)35(24-29-13-7-6-8-14-29)60-48(75)40(27(3)4)61-47(74)36(25-39(67)68)59-43(70)31(15-9-11-21-51)56-49(76)41(28(5)63)62-42(69)30(53)17-20-38(65)66/h6-8,13-14,26-28,30-36,40-41,63H,9-12,15-25,51-53H2,1-5H3,(H2,54,64)(H,55,73)(H,56,76)(H,57,72)(H,58,71)(H,59,70)(H,60,75)(H,61,74)(H,62,69)(H,65,66)(H,67,68)(H,77,78)/t28-,30+,31+,32+,33+,34+,35+,36+,40+,41+/m1/s1. The number of nitrogens with two attached hydrogens (primary N) is 4. The Morgan fingerprint density at radius 1 is 0.487 bits per heavy atom. The largest absolute Gasteiger partial charge is 0.481 e. The molecule has 0 spiro atoms. The lowest BCUT2D eigenvalue weighted by molar-refractivity contribution is -0.142. The second-order valence-electron chi connectivity index (χ2n) is 19.7. The average molecular weight is 1110 g/mol. The monoisotopic (exact) mass is 1110 g/mol. The van der Waals surface area contributed by atoms with Crippen LogP contribution in [-0.2, 0) is 64.0 Å². The van der Waals surface area contributed by atoms with Crippen LogP contribution in [-0.4, -0.2) is 165 Å². The quantitative estimate of drug-likeness (QED) is 0.0284. The van der Waals surface area contributed by atoms with Crippen LogP contribution in [0.1, 0.15) is 117 Å². The Kier molecular flexibility index (Phi) is 31.6. The summed E-state index contributed by atoms with van der Waals surface area (Å²) in [4.78, 5) is 157. The molecule has 438 valence electrons. The molecular formula is C50H82N12O16. The Labute approximate surface area is 452 Å². The molecule has 9 amide bonds. The maximum atomic E-state index is 14.3. The third-order valence-corrected chi connectivity index (χ3v) is 12.0. The Morgan fingerprint density at radius 2 is 0.936 bits per heavy atom. The number of aliphatic carboxylic acids is 3. The van der Waals surface area contributed by atoms with E-state index in [2.05, 4.69) is 42.5 Å². The number of unbranched alkanes of at least 4 members (excludes halogenated alkanes) is 2. The van der Waals surface area contributed by atoms with Crippen molar-refractivity contribution < 1.29 is 78.0 Å². The zero-order valence-electron chi connectivity index (χ0n) is 44.9. The van der Waals surface area contributed by atoms with Crippen LogP contribution in [0.15, 0.2) is 30.3 Å². The highest BCUT2D eigenvalue weighted by atomic mass is 16.4. The lowest BCUT2D eigenvalue weighted by atomic mass is 9.99. The maximum Gasteiger partial charge on any atom is 0.326 e. The Bertz CT molecular complexity index is 2180. The number of rotatable bonds is 39. The number of amides is 9. The summed E-state index contributed by atoms with van der Waals surface area (Å²) in [5, 5.41) is 58.4. The van der Waals surface area contributed by atoms with Crippen molar-refractivity contribution in [3.63, 3.8) is 0 Å². The molecule has 0 heterocycles. The molecule has 20 N–H and O–H groups in total. The van der Waals surface area contributed by atoms with Gasteiger partial charge in [0, 0.05) is 19.3 Å². The summed E-state index contributed by atoms with van der Waals surface area (Å²) in [5.74, 6) is -14.1. The molecule has 0 saturated carbocycles. The van der Waals surface area contributed by atoms with Gasteiger partial charge in [0.15, 0.2) is 0 Å². The van der Waals surface area contributed by atoms with Crippen LogP contribution < -0.4 is 65.5 Å². The van der Waals surface area contributed by atoms with Gasteiger partial charge in [0.05, 0.1) is 18.6 Å². The number of carbonyl (C=O) groups is 12. The van der Waals surface area contributed by atoms with Crippen LogP contribution in [0.25, 0.3) is 0 Å². The molecule has 0 aliphatic heterocycles. The van der Waals surface area contributed by atoms with E-state index in [0.29, 0.717) is 31.4 Å². The van der Waals surface area contributed by atoms with Gasteiger partial charge in [0.25, 0.3) is 0 Å². The number of hydrogen-bond donors (Lipinski definition) is 16. The molecule has 1 rings (SSSR count). The van der Waals surface area contributed by atoms with Crippen LogP contribution in [0.5, 0.6) is 0 Å². The van der Waals surface area contributed by atoms with Crippen LogP contribution in [0.4, 0.5) is 0 Å². The molecule has 0 aromatic heterocycles. The number of aliphatic hydroxyl groups is 1. The van der Waals surface area contributed by atoms with E-state index < -0.39 is 157 Å². The minimum absolute atomic E-state index is 0.0300. The molecular weight excluding hydrogens is 1020 g/mol. The fraction of sp³-hybridized carbons (Fsp3) is 0.640. The first kappa shape index (κ1) is 68.7. The second kappa shape index (κ2) is 35.9. The van der Waals surface area contributed by atoms with Gasteiger partial charge in [-0.1, -0.05) is 58.0 Å². The third kappa shape index (κ3) is 26.6. The summed E-state index contributed by atoms with van der Waals surface area (Å²) in [5.41, 5.74) is 22.9. The van der Waals surface area contributed by atoms with E-state index >= 15 is 0 Å². The van der Waals surface area contributed by atoms with Crippen molar-refractivity contribution in [2.45, 2.75) is 179 Å². The van der Waals surface area contributed by atoms with E-state index in [0.717, 1.165) is 6.92 Å². The number of carboxylic acid groups (broad SMARTS) is 3. The lowest BCUT2D eigenvalue weighted by Gasteiger charge is -2.29. The molecule has 0 fully saturated rings. The molecule has 0 aliphatic carbocycles. The predicted molar refractivity (Wildman–Crippen MR) is 281 cm³/mol. The first-order valence-electron chi connectivity index (χ1n) is 25.9. The van der Waals surface area contributed by atoms with Gasteiger partial charge in [0.1, 0.15) is 48.3 Å². The van der Waals surface area contributed by atoms with Gasteiger partial charge >= 0.3 is 17.9 Å². The minimum atomic E-state index is -1.90. The Balaban J connectivity index is 3.56. The molecule has 78 heavy (non-hydrogen) atoms. The molecule has 1 aromatic carbocycles. The van der Waals surface area contributed by atoms with Crippen molar-refractivity contribution >= 4 is 71.1 Å². The number of primary amides is 1. The minimum Gasteiger partial charge on any atom is -0.481 e. The fourth-order valence-corrected chi connectivity index (χ4v) is 7.69. The summed E-state index contributed by atoms with van der Waals surface area (Å²) in [6, 6.07) is -5.52. The Morgan fingerprint density at radius 3 is 1.44 bits per heavy atom. The third-order valence-electron chi connectivity index (χ3n) is 12.0. The molecule has 0 aliphatic rings. The number of carbonyl (C=O) groups excluding carboxylic acids is 9. The smallest absolute Gasteiger partial charge is 0.326 e. The van der Waals surface area contributed by atoms with Crippen molar-refractivity contribution in [1.82, 2.24) is 42.5 Å². The van der Waals surface area contributed by atoms with Gasteiger partial charge in [-0.15, -0.1) is 0 Å². The first-order chi connectivity index (χ1) is 36.6. The summed E-state index contributed by atoms with van der Waals surface area (Å²) in [6.45, 7) is 8.13.